The first kappa shape index (κ1) is 16.2. The number of ether oxygens (including phenoxy) is 2. The van der Waals surface area contributed by atoms with Crippen molar-refractivity contribution in [1.82, 2.24) is 10.2 Å². The summed E-state index contributed by atoms with van der Waals surface area (Å²) in [4.78, 5) is 2.52. The van der Waals surface area contributed by atoms with E-state index in [2.05, 4.69) is 44.8 Å². The molecule has 0 aromatic heterocycles. The van der Waals surface area contributed by atoms with Crippen LogP contribution < -0.4 is 5.32 Å². The van der Waals surface area contributed by atoms with Gasteiger partial charge >= 0.3 is 0 Å². The van der Waals surface area contributed by atoms with Gasteiger partial charge in [0, 0.05) is 26.2 Å². The predicted octanol–water partition coefficient (Wildman–Crippen LogP) is 2.03. The summed E-state index contributed by atoms with van der Waals surface area (Å²) in [5.41, 5.74) is -0.132. The minimum Gasteiger partial charge on any atom is -0.372 e. The van der Waals surface area contributed by atoms with Crippen molar-refractivity contribution in [1.29, 1.82) is 0 Å². The maximum absolute atomic E-state index is 6.16. The van der Waals surface area contributed by atoms with Crippen molar-refractivity contribution >= 4 is 0 Å². The van der Waals surface area contributed by atoms with Crippen molar-refractivity contribution in [2.24, 2.45) is 0 Å². The molecule has 0 radical (unpaired) electrons. The van der Waals surface area contributed by atoms with E-state index in [1.54, 1.807) is 0 Å². The van der Waals surface area contributed by atoms with Gasteiger partial charge in [0.2, 0.25) is 0 Å². The zero-order chi connectivity index (χ0) is 14.8. The molecule has 0 saturated carbocycles. The van der Waals surface area contributed by atoms with Gasteiger partial charge in [-0.25, -0.2) is 0 Å². The number of rotatable bonds is 5. The van der Waals surface area contributed by atoms with Gasteiger partial charge in [-0.05, 0) is 47.1 Å². The van der Waals surface area contributed by atoms with Crippen LogP contribution in [0.1, 0.15) is 47.5 Å². The van der Waals surface area contributed by atoms with Gasteiger partial charge < -0.3 is 14.8 Å². The fourth-order valence-electron chi connectivity index (χ4n) is 3.73. The number of hydrogen-bond acceptors (Lipinski definition) is 4. The topological polar surface area (TPSA) is 33.7 Å². The van der Waals surface area contributed by atoms with E-state index in [1.807, 2.05) is 0 Å². The zero-order valence-corrected chi connectivity index (χ0v) is 13.9. The normalized spacial score (nSPS) is 33.5. The summed E-state index contributed by atoms with van der Waals surface area (Å²) in [6.07, 6.45) is 3.17. The molecular formula is C16H32N2O2. The highest BCUT2D eigenvalue weighted by molar-refractivity contribution is 4.90. The van der Waals surface area contributed by atoms with Crippen LogP contribution in [0.3, 0.4) is 0 Å². The molecule has 2 unspecified atom stereocenters. The van der Waals surface area contributed by atoms with Gasteiger partial charge in [-0.3, -0.25) is 4.90 Å². The smallest absolute Gasteiger partial charge is 0.0760 e. The summed E-state index contributed by atoms with van der Waals surface area (Å²) < 4.78 is 12.3. The molecule has 4 heteroatoms. The Kier molecular flexibility index (Phi) is 5.11. The molecule has 0 aliphatic carbocycles. The molecule has 2 fully saturated rings. The Labute approximate surface area is 124 Å². The molecule has 2 rings (SSSR count). The fourth-order valence-corrected chi connectivity index (χ4v) is 3.73. The quantitative estimate of drug-likeness (QED) is 0.837. The van der Waals surface area contributed by atoms with E-state index >= 15 is 0 Å². The molecule has 1 N–H and O–H groups in total. The average molecular weight is 284 g/mol. The van der Waals surface area contributed by atoms with Crippen LogP contribution in [0, 0.1) is 0 Å². The Morgan fingerprint density at radius 1 is 1.05 bits per heavy atom. The van der Waals surface area contributed by atoms with Gasteiger partial charge in [-0.1, -0.05) is 6.92 Å². The molecule has 0 aromatic rings. The number of likely N-dealkylation sites (N-methyl/N-ethyl adjacent to an activating group) is 1. The zero-order valence-electron chi connectivity index (χ0n) is 13.9. The molecule has 0 bridgehead atoms. The van der Waals surface area contributed by atoms with Crippen LogP contribution in [0.15, 0.2) is 0 Å². The maximum atomic E-state index is 6.16. The third-order valence-electron chi connectivity index (χ3n) is 4.04. The molecule has 2 saturated heterocycles. The molecular weight excluding hydrogens is 252 g/mol. The first-order valence-electron chi connectivity index (χ1n) is 8.08. The minimum absolute atomic E-state index is 0.0660. The van der Waals surface area contributed by atoms with Crippen molar-refractivity contribution in [3.05, 3.63) is 0 Å². The average Bonchev–Trinajstić information content (AvgIpc) is 2.69. The third kappa shape index (κ3) is 4.69. The van der Waals surface area contributed by atoms with E-state index in [-0.39, 0.29) is 11.2 Å². The van der Waals surface area contributed by atoms with Crippen molar-refractivity contribution in [3.63, 3.8) is 0 Å². The highest BCUT2D eigenvalue weighted by Crippen LogP contribution is 2.29. The largest absolute Gasteiger partial charge is 0.372 e. The van der Waals surface area contributed by atoms with Crippen LogP contribution in [0.4, 0.5) is 0 Å². The van der Waals surface area contributed by atoms with Crippen LogP contribution >= 0.6 is 0 Å². The number of hydrogen-bond donors (Lipinski definition) is 1. The SMILES string of the molecule is CCNCC1CCC(CN2CC(C)(C)OC(C)(C)C2)O1. The molecule has 4 nitrogen and oxygen atoms in total. The van der Waals surface area contributed by atoms with Gasteiger partial charge in [0.1, 0.15) is 0 Å². The van der Waals surface area contributed by atoms with Crippen LogP contribution in [0.2, 0.25) is 0 Å². The van der Waals surface area contributed by atoms with Gasteiger partial charge in [-0.2, -0.15) is 0 Å². The minimum atomic E-state index is -0.0660. The Hall–Kier alpha value is -0.160. The van der Waals surface area contributed by atoms with Crippen LogP contribution in [0.5, 0.6) is 0 Å². The standard InChI is InChI=1S/C16H32N2O2/c1-6-17-9-13-7-8-14(19-13)10-18-11-15(2,3)20-16(4,5)12-18/h13-14,17H,6-12H2,1-5H3. The highest BCUT2D eigenvalue weighted by Gasteiger charge is 2.39. The van der Waals surface area contributed by atoms with Crippen molar-refractivity contribution < 1.29 is 9.47 Å². The second-order valence-electron chi connectivity index (χ2n) is 7.56. The lowest BCUT2D eigenvalue weighted by Gasteiger charge is -2.47. The summed E-state index contributed by atoms with van der Waals surface area (Å²) in [7, 11) is 0. The molecule has 2 heterocycles. The summed E-state index contributed by atoms with van der Waals surface area (Å²) in [5, 5.41) is 3.38. The first-order valence-corrected chi connectivity index (χ1v) is 8.08. The Balaban J connectivity index is 1.81. The van der Waals surface area contributed by atoms with Crippen molar-refractivity contribution in [3.8, 4) is 0 Å². The second kappa shape index (κ2) is 6.30. The van der Waals surface area contributed by atoms with E-state index < -0.39 is 0 Å². The van der Waals surface area contributed by atoms with E-state index in [1.165, 1.54) is 12.8 Å². The number of nitrogens with one attached hydrogen (secondary N) is 1. The lowest BCUT2D eigenvalue weighted by atomic mass is 9.98. The van der Waals surface area contributed by atoms with E-state index in [0.717, 1.165) is 32.7 Å². The van der Waals surface area contributed by atoms with Crippen molar-refractivity contribution in [2.45, 2.75) is 70.9 Å². The van der Waals surface area contributed by atoms with Gasteiger partial charge in [0.25, 0.3) is 0 Å². The Morgan fingerprint density at radius 3 is 2.25 bits per heavy atom. The van der Waals surface area contributed by atoms with E-state index in [0.29, 0.717) is 12.2 Å². The fraction of sp³-hybridized carbons (Fsp3) is 1.00. The molecule has 118 valence electrons. The number of morpholine rings is 1. The van der Waals surface area contributed by atoms with Gasteiger partial charge in [0.15, 0.2) is 0 Å². The first-order chi connectivity index (χ1) is 9.30. The van der Waals surface area contributed by atoms with Crippen molar-refractivity contribution in [2.75, 3.05) is 32.7 Å². The van der Waals surface area contributed by atoms with Crippen LogP contribution in [-0.2, 0) is 9.47 Å². The molecule has 0 aromatic carbocycles. The Bertz CT molecular complexity index is 302. The molecule has 2 aliphatic rings. The predicted molar refractivity (Wildman–Crippen MR) is 82.1 cm³/mol. The highest BCUT2D eigenvalue weighted by atomic mass is 16.5. The van der Waals surface area contributed by atoms with Crippen LogP contribution in [-0.4, -0.2) is 61.0 Å². The van der Waals surface area contributed by atoms with E-state index in [9.17, 15) is 0 Å². The molecule has 0 spiro atoms. The molecule has 20 heavy (non-hydrogen) atoms. The lowest BCUT2D eigenvalue weighted by Crippen LogP contribution is -2.58. The maximum Gasteiger partial charge on any atom is 0.0760 e. The van der Waals surface area contributed by atoms with Gasteiger partial charge in [-0.15, -0.1) is 0 Å². The summed E-state index contributed by atoms with van der Waals surface area (Å²) >= 11 is 0. The van der Waals surface area contributed by atoms with E-state index in [4.69, 9.17) is 9.47 Å². The second-order valence-corrected chi connectivity index (χ2v) is 7.56. The number of nitrogens with zero attached hydrogens (tertiary/aromatic N) is 1. The molecule has 2 aliphatic heterocycles. The van der Waals surface area contributed by atoms with Crippen LogP contribution in [0.25, 0.3) is 0 Å². The lowest BCUT2D eigenvalue weighted by molar-refractivity contribution is -0.184. The summed E-state index contributed by atoms with van der Waals surface area (Å²) in [5.74, 6) is 0. The van der Waals surface area contributed by atoms with Gasteiger partial charge in [0.05, 0.1) is 23.4 Å². The summed E-state index contributed by atoms with van der Waals surface area (Å²) in [6, 6.07) is 0. The molecule has 2 atom stereocenters. The monoisotopic (exact) mass is 284 g/mol. The third-order valence-corrected chi connectivity index (χ3v) is 4.04. The molecule has 0 amide bonds. The summed E-state index contributed by atoms with van der Waals surface area (Å²) in [6.45, 7) is 15.9. The Morgan fingerprint density at radius 2 is 1.65 bits per heavy atom.